The molecule has 1 rings (SSSR count). The fourth-order valence-electron chi connectivity index (χ4n) is 0.862. The molecule has 0 amide bonds. The monoisotopic (exact) mass is 271 g/mol. The lowest BCUT2D eigenvalue weighted by molar-refractivity contribution is -0.109. The molecule has 0 aliphatic carbocycles. The second kappa shape index (κ2) is 5.98. The molecule has 74 valence electrons. The third kappa shape index (κ3) is 4.07. The quantitative estimate of drug-likeness (QED) is 0.846. The van der Waals surface area contributed by atoms with E-state index >= 15 is 0 Å². The van der Waals surface area contributed by atoms with Crippen LogP contribution in [-0.2, 0) is 4.79 Å². The predicted octanol–water partition coefficient (Wildman–Crippen LogP) is 3.14. The van der Waals surface area contributed by atoms with Gasteiger partial charge in [0.1, 0.15) is 0 Å². The predicted molar refractivity (Wildman–Crippen MR) is 64.1 cm³/mol. The molecule has 14 heavy (non-hydrogen) atoms. The highest BCUT2D eigenvalue weighted by Crippen LogP contribution is 2.16. The normalized spacial score (nSPS) is 10.7. The number of aromatic nitrogens is 1. The first kappa shape index (κ1) is 11.5. The third-order valence-corrected chi connectivity index (χ3v) is 2.91. The summed E-state index contributed by atoms with van der Waals surface area (Å²) in [5.74, 6) is 0.712. The summed E-state index contributed by atoms with van der Waals surface area (Å²) < 4.78 is 0.962. The highest BCUT2D eigenvalue weighted by molar-refractivity contribution is 9.10. The molecule has 0 saturated carbocycles. The molecule has 1 aromatic heterocycles. The number of hydrogen-bond acceptors (Lipinski definition) is 3. The van der Waals surface area contributed by atoms with Crippen molar-refractivity contribution in [3.8, 4) is 0 Å². The topological polar surface area (TPSA) is 30.0 Å². The first-order chi connectivity index (χ1) is 6.70. The molecule has 0 unspecified atom stereocenters. The molecule has 0 atom stereocenters. The van der Waals surface area contributed by atoms with Crippen LogP contribution in [0.15, 0.2) is 29.0 Å². The smallest absolute Gasteiger partial charge is 0.186 e. The summed E-state index contributed by atoms with van der Waals surface area (Å²) in [5, 5.41) is 0.142. The Hall–Kier alpha value is -0.610. The van der Waals surface area contributed by atoms with Gasteiger partial charge in [0, 0.05) is 29.5 Å². The Morgan fingerprint density at radius 1 is 1.71 bits per heavy atom. The minimum Gasteiger partial charge on any atom is -0.288 e. The summed E-state index contributed by atoms with van der Waals surface area (Å²) in [5.41, 5.74) is 1.07. The van der Waals surface area contributed by atoms with Gasteiger partial charge in [0.25, 0.3) is 0 Å². The number of hydrogen-bond donors (Lipinski definition) is 0. The maximum Gasteiger partial charge on any atom is 0.186 e. The van der Waals surface area contributed by atoms with Gasteiger partial charge in [0.05, 0.1) is 0 Å². The van der Waals surface area contributed by atoms with Crippen LogP contribution in [0.1, 0.15) is 12.5 Å². The number of carbonyl (C=O) groups is 1. The lowest BCUT2D eigenvalue weighted by Gasteiger charge is -1.95. The van der Waals surface area contributed by atoms with E-state index < -0.39 is 0 Å². The van der Waals surface area contributed by atoms with E-state index in [4.69, 9.17) is 0 Å². The summed E-state index contributed by atoms with van der Waals surface area (Å²) in [4.78, 5) is 14.6. The van der Waals surface area contributed by atoms with Crippen molar-refractivity contribution in [2.24, 2.45) is 0 Å². The molecule has 0 fully saturated rings. The van der Waals surface area contributed by atoms with E-state index in [1.165, 1.54) is 11.8 Å². The van der Waals surface area contributed by atoms with Gasteiger partial charge in [-0.2, -0.15) is 0 Å². The molecule has 1 aromatic rings. The molecule has 0 saturated heterocycles. The Balaban J connectivity index is 2.52. The van der Waals surface area contributed by atoms with E-state index in [2.05, 4.69) is 20.9 Å². The molecular weight excluding hydrogens is 262 g/mol. The van der Waals surface area contributed by atoms with Gasteiger partial charge in [0.2, 0.25) is 0 Å². The fraction of sp³-hybridized carbons (Fsp3) is 0.200. The largest absolute Gasteiger partial charge is 0.288 e. The molecule has 0 radical (unpaired) electrons. The molecule has 0 bridgehead atoms. The van der Waals surface area contributed by atoms with Crippen LogP contribution in [0.2, 0.25) is 0 Å². The second-order valence-corrected chi connectivity index (χ2v) is 4.65. The fourth-order valence-corrected chi connectivity index (χ4v) is 1.67. The summed E-state index contributed by atoms with van der Waals surface area (Å²) >= 11 is 4.69. The minimum absolute atomic E-state index is 0.142. The first-order valence-electron chi connectivity index (χ1n) is 4.09. The van der Waals surface area contributed by atoms with Gasteiger partial charge in [-0.15, -0.1) is 0 Å². The Labute approximate surface area is 95.9 Å². The summed E-state index contributed by atoms with van der Waals surface area (Å²) in [6, 6.07) is 1.92. The zero-order chi connectivity index (χ0) is 10.4. The Bertz CT molecular complexity index is 352. The van der Waals surface area contributed by atoms with Crippen LogP contribution in [0.5, 0.6) is 0 Å². The molecule has 0 spiro atoms. The second-order valence-electron chi connectivity index (χ2n) is 2.60. The van der Waals surface area contributed by atoms with Crippen LogP contribution in [0, 0.1) is 0 Å². The van der Waals surface area contributed by atoms with Crippen molar-refractivity contribution in [2.75, 3.05) is 5.75 Å². The zero-order valence-electron chi connectivity index (χ0n) is 7.74. The van der Waals surface area contributed by atoms with E-state index in [0.29, 0.717) is 5.75 Å². The van der Waals surface area contributed by atoms with Crippen LogP contribution in [0.25, 0.3) is 6.08 Å². The Morgan fingerprint density at radius 2 is 2.50 bits per heavy atom. The third-order valence-electron chi connectivity index (χ3n) is 1.48. The van der Waals surface area contributed by atoms with Gasteiger partial charge >= 0.3 is 0 Å². The maximum absolute atomic E-state index is 10.6. The van der Waals surface area contributed by atoms with Crippen LogP contribution >= 0.6 is 27.7 Å². The molecule has 0 aliphatic rings. The van der Waals surface area contributed by atoms with Crippen LogP contribution < -0.4 is 0 Å². The summed E-state index contributed by atoms with van der Waals surface area (Å²) in [6.07, 6.45) is 7.42. The van der Waals surface area contributed by atoms with Crippen molar-refractivity contribution >= 4 is 38.9 Å². The molecule has 2 nitrogen and oxygen atoms in total. The van der Waals surface area contributed by atoms with E-state index in [1.807, 2.05) is 18.2 Å². The molecule has 0 aliphatic heterocycles. The van der Waals surface area contributed by atoms with E-state index in [9.17, 15) is 4.79 Å². The maximum atomic E-state index is 10.6. The average molecular weight is 272 g/mol. The van der Waals surface area contributed by atoms with Crippen molar-refractivity contribution < 1.29 is 4.79 Å². The van der Waals surface area contributed by atoms with E-state index in [-0.39, 0.29) is 5.12 Å². The molecule has 4 heteroatoms. The van der Waals surface area contributed by atoms with Crippen molar-refractivity contribution in [1.82, 2.24) is 4.98 Å². The van der Waals surface area contributed by atoms with Gasteiger partial charge in [-0.05, 0) is 27.6 Å². The van der Waals surface area contributed by atoms with E-state index in [0.717, 1.165) is 10.0 Å². The SMILES string of the molecule is CC(=O)SCC=Cc1ccncc1Br. The first-order valence-corrected chi connectivity index (χ1v) is 5.87. The van der Waals surface area contributed by atoms with Gasteiger partial charge < -0.3 is 0 Å². The van der Waals surface area contributed by atoms with Crippen LogP contribution in [0.3, 0.4) is 0 Å². The molecular formula is C10H10BrNOS. The summed E-state index contributed by atoms with van der Waals surface area (Å²) in [6.45, 7) is 1.57. The average Bonchev–Trinajstić information content (AvgIpc) is 2.15. The number of rotatable bonds is 3. The molecule has 0 aromatic carbocycles. The molecule has 0 N–H and O–H groups in total. The van der Waals surface area contributed by atoms with Crippen molar-refractivity contribution in [3.63, 3.8) is 0 Å². The van der Waals surface area contributed by atoms with E-state index in [1.54, 1.807) is 19.3 Å². The molecule has 1 heterocycles. The van der Waals surface area contributed by atoms with Gasteiger partial charge in [-0.25, -0.2) is 0 Å². The van der Waals surface area contributed by atoms with Crippen molar-refractivity contribution in [1.29, 1.82) is 0 Å². The van der Waals surface area contributed by atoms with Crippen LogP contribution in [0.4, 0.5) is 0 Å². The van der Waals surface area contributed by atoms with Gasteiger partial charge in [-0.1, -0.05) is 23.9 Å². The van der Waals surface area contributed by atoms with Gasteiger partial charge in [-0.3, -0.25) is 9.78 Å². The lowest BCUT2D eigenvalue weighted by Crippen LogP contribution is -1.82. The standard InChI is InChI=1S/C10H10BrNOS/c1-8(13)14-6-2-3-9-4-5-12-7-10(9)11/h2-5,7H,6H2,1H3. The van der Waals surface area contributed by atoms with Crippen LogP contribution in [-0.4, -0.2) is 15.9 Å². The minimum atomic E-state index is 0.142. The lowest BCUT2D eigenvalue weighted by atomic mass is 10.2. The number of carbonyl (C=O) groups excluding carboxylic acids is 1. The van der Waals surface area contributed by atoms with Crippen molar-refractivity contribution in [3.05, 3.63) is 34.6 Å². The number of halogens is 1. The summed E-state index contributed by atoms with van der Waals surface area (Å²) in [7, 11) is 0. The number of nitrogens with zero attached hydrogens (tertiary/aromatic N) is 1. The zero-order valence-corrected chi connectivity index (χ0v) is 10.1. The number of thioether (sulfide) groups is 1. The highest BCUT2D eigenvalue weighted by atomic mass is 79.9. The Morgan fingerprint density at radius 3 is 3.14 bits per heavy atom. The Kier molecular flexibility index (Phi) is 4.90. The van der Waals surface area contributed by atoms with Gasteiger partial charge in [0.15, 0.2) is 5.12 Å². The highest BCUT2D eigenvalue weighted by Gasteiger charge is 1.93. The number of pyridine rings is 1. The van der Waals surface area contributed by atoms with Crippen molar-refractivity contribution in [2.45, 2.75) is 6.92 Å².